The van der Waals surface area contributed by atoms with Crippen LogP contribution in [0, 0.1) is 29.4 Å². The van der Waals surface area contributed by atoms with Crippen LogP contribution in [0.1, 0.15) is 59.4 Å². The quantitative estimate of drug-likeness (QED) is 0.104. The van der Waals surface area contributed by atoms with Gasteiger partial charge in [-0.25, -0.2) is 22.2 Å². The van der Waals surface area contributed by atoms with E-state index in [-0.39, 0.29) is 35.6 Å². The van der Waals surface area contributed by atoms with E-state index in [4.69, 9.17) is 9.97 Å². The molecule has 3 atom stereocenters. The maximum Gasteiger partial charge on any atom is 0.435 e. The molecule has 2 aliphatic carbocycles. The highest BCUT2D eigenvalue weighted by Crippen LogP contribution is 2.58. The van der Waals surface area contributed by atoms with Crippen molar-refractivity contribution in [3.8, 4) is 23.0 Å². The van der Waals surface area contributed by atoms with E-state index < -0.39 is 81.0 Å². The Morgan fingerprint density at radius 3 is 2.44 bits per heavy atom. The first-order valence-electron chi connectivity index (χ1n) is 20.1. The fraction of sp³-hybridized carbons (Fsp3) is 0.405. The topological polar surface area (TPSA) is 143 Å². The Labute approximate surface area is 365 Å². The Hall–Kier alpha value is -5.79. The second kappa shape index (κ2) is 15.7. The van der Waals surface area contributed by atoms with Crippen LogP contribution in [-0.4, -0.2) is 88.2 Å². The lowest BCUT2D eigenvalue weighted by Gasteiger charge is -2.34. The molecule has 64 heavy (non-hydrogen) atoms. The molecule has 4 aromatic heterocycles. The SMILES string of the molecule is CN(C)C1CCN(c2nc3nc([C@H](Cc4cc(F)cc(F)c4)NC(=O)Cn4nc(C(F)(F)F)c5c4C(F)(F)[C@@H]4CC#C[C@H]54)c(-c4cccc5c(NS(C)(=O)=O)nn(C)c45)cc3s2)CC1. The third-order valence-electron chi connectivity index (χ3n) is 12.0. The first kappa shape index (κ1) is 43.5. The number of alkyl halides is 5. The first-order valence-corrected chi connectivity index (χ1v) is 22.8. The van der Waals surface area contributed by atoms with E-state index in [9.17, 15) is 35.2 Å². The molecule has 1 aliphatic heterocycles. The van der Waals surface area contributed by atoms with Gasteiger partial charge in [0.1, 0.15) is 23.9 Å². The Kier molecular flexibility index (Phi) is 10.7. The fourth-order valence-electron chi connectivity index (χ4n) is 9.15. The minimum absolute atomic E-state index is 0.0237. The highest BCUT2D eigenvalue weighted by atomic mass is 32.2. The Morgan fingerprint density at radius 1 is 1.05 bits per heavy atom. The lowest BCUT2D eigenvalue weighted by atomic mass is 9.93. The zero-order chi connectivity index (χ0) is 45.6. The van der Waals surface area contributed by atoms with Gasteiger partial charge < -0.3 is 15.1 Å². The molecule has 1 amide bonds. The zero-order valence-corrected chi connectivity index (χ0v) is 36.2. The second-order valence-electron chi connectivity index (χ2n) is 16.6. The molecule has 0 unspecified atom stereocenters. The van der Waals surface area contributed by atoms with Gasteiger partial charge in [-0.2, -0.15) is 37.1 Å². The monoisotopic (exact) mass is 928 g/mol. The number of piperidine rings is 1. The van der Waals surface area contributed by atoms with Crippen LogP contribution >= 0.6 is 11.3 Å². The van der Waals surface area contributed by atoms with E-state index >= 15 is 8.78 Å². The molecule has 22 heteroatoms. The standard InChI is InChI=1S/C42H39F7N10O3S2/c1-56(2)24-11-13-58(14-12-24)40-52-39-31(63-40)19-28(25-7-5-9-27-35(25)57(3)54-38(27)55-64(4,61)62)34(51-39)30(17-21-15-22(43)18-23(44)16-21)50-32(60)20-59-37-33(36(53-59)42(47,48)49)26-8-6-10-29(26)41(37,45)46/h5,7,9,15-16,18-19,24,26,29-30H,10-14,17,20H2,1-4H3,(H,50,60)(H,54,55)/t26-,29+,30-/m0/s1. The largest absolute Gasteiger partial charge is 0.435 e. The number of thiazole rings is 1. The first-order chi connectivity index (χ1) is 30.2. The molecule has 0 radical (unpaired) electrons. The normalized spacial score (nSPS) is 19.0. The van der Waals surface area contributed by atoms with Crippen molar-refractivity contribution in [2.45, 2.75) is 62.3 Å². The Morgan fingerprint density at radius 2 is 1.77 bits per heavy atom. The zero-order valence-electron chi connectivity index (χ0n) is 34.6. The number of fused-ring (bicyclic) bond motifs is 5. The molecule has 5 heterocycles. The van der Waals surface area contributed by atoms with Gasteiger partial charge in [0.2, 0.25) is 15.9 Å². The third-order valence-corrected chi connectivity index (χ3v) is 13.6. The third kappa shape index (κ3) is 7.91. The number of pyridine rings is 1. The summed E-state index contributed by atoms with van der Waals surface area (Å²) in [6.45, 7) is 0.321. The number of hydrogen-bond donors (Lipinski definition) is 2. The van der Waals surface area contributed by atoms with Gasteiger partial charge in [0.25, 0.3) is 5.92 Å². The number of rotatable bonds is 11. The molecule has 1 fully saturated rings. The van der Waals surface area contributed by atoms with Crippen LogP contribution in [0.15, 0.2) is 42.5 Å². The van der Waals surface area contributed by atoms with E-state index in [1.54, 1.807) is 31.3 Å². The van der Waals surface area contributed by atoms with Crippen LogP contribution in [0.5, 0.6) is 0 Å². The van der Waals surface area contributed by atoms with Crippen molar-refractivity contribution < 1.29 is 43.9 Å². The number of aromatic nitrogens is 6. The molecule has 2 aromatic carbocycles. The van der Waals surface area contributed by atoms with Crippen molar-refractivity contribution in [1.29, 1.82) is 0 Å². The molecule has 2 N–H and O–H groups in total. The summed E-state index contributed by atoms with van der Waals surface area (Å²) in [7, 11) is 1.86. The molecule has 13 nitrogen and oxygen atoms in total. The smallest absolute Gasteiger partial charge is 0.348 e. The second-order valence-corrected chi connectivity index (χ2v) is 19.3. The maximum atomic E-state index is 16.0. The van der Waals surface area contributed by atoms with E-state index in [2.05, 4.69) is 41.9 Å². The number of para-hydroxylation sites is 1. The summed E-state index contributed by atoms with van der Waals surface area (Å²) >= 11 is 1.37. The van der Waals surface area contributed by atoms with Crippen LogP contribution in [0.25, 0.3) is 32.4 Å². The Balaban J connectivity index is 1.19. The summed E-state index contributed by atoms with van der Waals surface area (Å²) in [4.78, 5) is 28.4. The number of amides is 1. The summed E-state index contributed by atoms with van der Waals surface area (Å²) in [5, 5.41) is 11.7. The van der Waals surface area contributed by atoms with Crippen molar-refractivity contribution in [1.82, 2.24) is 39.7 Å². The molecule has 9 rings (SSSR count). The molecule has 0 bridgehead atoms. The number of nitrogens with zero attached hydrogens (tertiary/aromatic N) is 8. The number of carbonyl (C=O) groups is 1. The number of carbonyl (C=O) groups excluding carboxylic acids is 1. The fourth-order valence-corrected chi connectivity index (χ4v) is 10.6. The van der Waals surface area contributed by atoms with Gasteiger partial charge in [-0.1, -0.05) is 29.4 Å². The van der Waals surface area contributed by atoms with Crippen LogP contribution in [0.4, 0.5) is 41.7 Å². The van der Waals surface area contributed by atoms with Gasteiger partial charge >= 0.3 is 6.18 Å². The average molecular weight is 929 g/mol. The van der Waals surface area contributed by atoms with E-state index in [0.717, 1.165) is 31.2 Å². The van der Waals surface area contributed by atoms with Gasteiger partial charge in [-0.15, -0.1) is 5.92 Å². The van der Waals surface area contributed by atoms with Crippen molar-refractivity contribution in [2.24, 2.45) is 13.0 Å². The molecule has 6 aromatic rings. The van der Waals surface area contributed by atoms with Crippen molar-refractivity contribution in [2.75, 3.05) is 43.1 Å². The van der Waals surface area contributed by atoms with Gasteiger partial charge in [0, 0.05) is 60.7 Å². The highest BCUT2D eigenvalue weighted by Gasteiger charge is 2.61. The molecule has 0 spiro atoms. The van der Waals surface area contributed by atoms with Crippen LogP contribution in [0.2, 0.25) is 0 Å². The number of hydrogen-bond acceptors (Lipinski definition) is 10. The molecule has 1 saturated heterocycles. The minimum Gasteiger partial charge on any atom is -0.348 e. The number of aryl methyl sites for hydroxylation is 1. The Bertz CT molecular complexity index is 3020. The average Bonchev–Trinajstić information content (AvgIpc) is 4.02. The van der Waals surface area contributed by atoms with Crippen molar-refractivity contribution >= 4 is 59.5 Å². The molecule has 3 aliphatic rings. The van der Waals surface area contributed by atoms with Gasteiger partial charge in [-0.3, -0.25) is 18.9 Å². The van der Waals surface area contributed by atoms with Crippen LogP contribution < -0.4 is 14.9 Å². The summed E-state index contributed by atoms with van der Waals surface area (Å²) in [6.07, 6.45) is -3.10. The van der Waals surface area contributed by atoms with Gasteiger partial charge in [0.05, 0.1) is 40.0 Å². The lowest BCUT2D eigenvalue weighted by molar-refractivity contribution is -0.142. The minimum atomic E-state index is -5.14. The molecule has 0 saturated carbocycles. The summed E-state index contributed by atoms with van der Waals surface area (Å²) in [5.41, 5.74) is -1.75. The van der Waals surface area contributed by atoms with Crippen LogP contribution in [0.3, 0.4) is 0 Å². The van der Waals surface area contributed by atoms with E-state index in [1.807, 2.05) is 14.1 Å². The summed E-state index contributed by atoms with van der Waals surface area (Å²) < 4.78 is 134. The van der Waals surface area contributed by atoms with Gasteiger partial charge in [0.15, 0.2) is 22.3 Å². The molecule has 336 valence electrons. The number of nitrogens with one attached hydrogen (secondary N) is 2. The van der Waals surface area contributed by atoms with Gasteiger partial charge in [-0.05, 0) is 63.2 Å². The predicted molar refractivity (Wildman–Crippen MR) is 225 cm³/mol. The van der Waals surface area contributed by atoms with E-state index in [0.29, 0.717) is 61.7 Å². The van der Waals surface area contributed by atoms with E-state index in [1.165, 1.54) is 16.0 Å². The summed E-state index contributed by atoms with van der Waals surface area (Å²) in [6, 6.07) is 8.58. The number of sulfonamides is 1. The summed E-state index contributed by atoms with van der Waals surface area (Å²) in [5.74, 6) is -4.76. The van der Waals surface area contributed by atoms with Crippen molar-refractivity contribution in [3.05, 3.63) is 82.3 Å². The maximum absolute atomic E-state index is 16.0. The lowest BCUT2D eigenvalue weighted by Crippen LogP contribution is -2.41. The highest BCUT2D eigenvalue weighted by molar-refractivity contribution is 7.92. The molecular weight excluding hydrogens is 890 g/mol. The number of anilines is 2. The number of benzene rings is 2. The van der Waals surface area contributed by atoms with Crippen molar-refractivity contribution in [3.63, 3.8) is 0 Å². The number of halogens is 7. The van der Waals surface area contributed by atoms with Crippen LogP contribution in [-0.2, 0) is 46.9 Å². The molecular formula is C42H39F7N10O3S2. The predicted octanol–water partition coefficient (Wildman–Crippen LogP) is 6.95.